The van der Waals surface area contributed by atoms with Crippen molar-refractivity contribution in [3.63, 3.8) is 0 Å². The number of anilines is 1. The molecule has 2 saturated heterocycles. The number of nitrogens with zero attached hydrogens (tertiary/aromatic N) is 6. The highest BCUT2D eigenvalue weighted by Crippen LogP contribution is 2.41. The SMILES string of the molecule is Cn1nccc1C(=O)N1CCC2(CC(=O)N(c3cncnc3)C2)C1. The molecule has 2 fully saturated rings. The Morgan fingerprint density at radius 3 is 2.75 bits per heavy atom. The quantitative estimate of drug-likeness (QED) is 0.801. The molecule has 0 bridgehead atoms. The van der Waals surface area contributed by atoms with Crippen molar-refractivity contribution in [3.05, 3.63) is 36.7 Å². The fourth-order valence-electron chi connectivity index (χ4n) is 3.69. The number of amides is 2. The Morgan fingerprint density at radius 2 is 2.04 bits per heavy atom. The van der Waals surface area contributed by atoms with Crippen LogP contribution in [0.2, 0.25) is 0 Å². The zero-order valence-electron chi connectivity index (χ0n) is 13.4. The third-order valence-corrected chi connectivity index (χ3v) is 4.94. The number of aromatic nitrogens is 4. The van der Waals surface area contributed by atoms with Crippen LogP contribution < -0.4 is 4.90 Å². The summed E-state index contributed by atoms with van der Waals surface area (Å²) in [6.45, 7) is 1.86. The molecule has 2 aliphatic heterocycles. The lowest BCUT2D eigenvalue weighted by Crippen LogP contribution is -2.35. The summed E-state index contributed by atoms with van der Waals surface area (Å²) >= 11 is 0. The molecule has 2 aromatic heterocycles. The minimum absolute atomic E-state index is 0.0270. The van der Waals surface area contributed by atoms with Crippen LogP contribution in [0.1, 0.15) is 23.3 Å². The van der Waals surface area contributed by atoms with Gasteiger partial charge in [0.25, 0.3) is 5.91 Å². The highest BCUT2D eigenvalue weighted by molar-refractivity contribution is 5.97. The predicted molar refractivity (Wildman–Crippen MR) is 85.2 cm³/mol. The smallest absolute Gasteiger partial charge is 0.272 e. The van der Waals surface area contributed by atoms with E-state index >= 15 is 0 Å². The van der Waals surface area contributed by atoms with Gasteiger partial charge in [-0.15, -0.1) is 0 Å². The number of carbonyl (C=O) groups excluding carboxylic acids is 2. The number of carbonyl (C=O) groups is 2. The van der Waals surface area contributed by atoms with Crippen LogP contribution in [0.15, 0.2) is 31.0 Å². The number of hydrogen-bond acceptors (Lipinski definition) is 5. The first-order chi connectivity index (χ1) is 11.6. The van der Waals surface area contributed by atoms with E-state index < -0.39 is 0 Å². The molecule has 1 unspecified atom stereocenters. The van der Waals surface area contributed by atoms with Crippen LogP contribution in [-0.4, -0.2) is 56.1 Å². The zero-order valence-corrected chi connectivity index (χ0v) is 13.4. The maximum atomic E-state index is 12.6. The average Bonchev–Trinajstić information content (AvgIpc) is 3.28. The van der Waals surface area contributed by atoms with Crippen molar-refractivity contribution < 1.29 is 9.59 Å². The third kappa shape index (κ3) is 2.34. The van der Waals surface area contributed by atoms with Crippen molar-refractivity contribution >= 4 is 17.5 Å². The molecule has 2 aliphatic rings. The largest absolute Gasteiger partial charge is 0.337 e. The molecule has 0 aliphatic carbocycles. The monoisotopic (exact) mass is 326 g/mol. The van der Waals surface area contributed by atoms with E-state index in [1.54, 1.807) is 41.3 Å². The second-order valence-corrected chi connectivity index (χ2v) is 6.57. The Balaban J connectivity index is 1.51. The first-order valence-corrected chi connectivity index (χ1v) is 7.91. The van der Waals surface area contributed by atoms with E-state index in [0.717, 1.165) is 12.1 Å². The lowest BCUT2D eigenvalue weighted by molar-refractivity contribution is -0.117. The minimum atomic E-state index is -0.179. The standard InChI is InChI=1S/C16H18N6O2/c1-20-13(2-4-19-20)15(24)21-5-3-16(9-21)6-14(23)22(10-16)12-7-17-11-18-8-12/h2,4,7-8,11H,3,5-6,9-10H2,1H3. The van der Waals surface area contributed by atoms with Gasteiger partial charge in [-0.05, 0) is 12.5 Å². The first kappa shape index (κ1) is 14.8. The van der Waals surface area contributed by atoms with Gasteiger partial charge in [-0.1, -0.05) is 0 Å². The van der Waals surface area contributed by atoms with E-state index in [1.807, 2.05) is 4.90 Å². The van der Waals surface area contributed by atoms with Crippen molar-refractivity contribution in [2.24, 2.45) is 12.5 Å². The summed E-state index contributed by atoms with van der Waals surface area (Å²) in [6, 6.07) is 1.72. The Morgan fingerprint density at radius 1 is 1.25 bits per heavy atom. The summed E-state index contributed by atoms with van der Waals surface area (Å²) in [7, 11) is 1.76. The van der Waals surface area contributed by atoms with Gasteiger partial charge in [-0.25, -0.2) is 9.97 Å². The van der Waals surface area contributed by atoms with Gasteiger partial charge in [0.05, 0.1) is 18.1 Å². The van der Waals surface area contributed by atoms with Crippen molar-refractivity contribution in [3.8, 4) is 0 Å². The lowest BCUT2D eigenvalue weighted by Gasteiger charge is -2.24. The van der Waals surface area contributed by atoms with Crippen LogP contribution in [0.3, 0.4) is 0 Å². The van der Waals surface area contributed by atoms with Gasteiger partial charge in [0.15, 0.2) is 0 Å². The highest BCUT2D eigenvalue weighted by Gasteiger charge is 2.49. The zero-order chi connectivity index (χ0) is 16.7. The van der Waals surface area contributed by atoms with Crippen LogP contribution >= 0.6 is 0 Å². The van der Waals surface area contributed by atoms with Gasteiger partial charge in [-0.3, -0.25) is 14.3 Å². The lowest BCUT2D eigenvalue weighted by atomic mass is 9.86. The number of rotatable bonds is 2. The Bertz CT molecular complexity index is 789. The van der Waals surface area contributed by atoms with Gasteiger partial charge < -0.3 is 9.80 Å². The molecular formula is C16H18N6O2. The Labute approximate surface area is 139 Å². The summed E-state index contributed by atoms with van der Waals surface area (Å²) in [5, 5.41) is 4.05. The molecular weight excluding hydrogens is 308 g/mol. The summed E-state index contributed by atoms with van der Waals surface area (Å²) in [6.07, 6.45) is 7.65. The summed E-state index contributed by atoms with van der Waals surface area (Å²) in [4.78, 5) is 36.6. The number of likely N-dealkylation sites (tertiary alicyclic amines) is 1. The van der Waals surface area contributed by atoms with Gasteiger partial charge in [0.2, 0.25) is 5.91 Å². The normalized spacial score (nSPS) is 23.5. The Hall–Kier alpha value is -2.77. The molecule has 2 aromatic rings. The van der Waals surface area contributed by atoms with Crippen molar-refractivity contribution in [1.29, 1.82) is 0 Å². The molecule has 8 heteroatoms. The summed E-state index contributed by atoms with van der Waals surface area (Å²) in [5.41, 5.74) is 1.11. The molecule has 0 saturated carbocycles. The van der Waals surface area contributed by atoms with Crippen LogP contribution in [0.5, 0.6) is 0 Å². The third-order valence-electron chi connectivity index (χ3n) is 4.94. The van der Waals surface area contributed by atoms with Crippen LogP contribution in [0, 0.1) is 5.41 Å². The first-order valence-electron chi connectivity index (χ1n) is 7.91. The van der Waals surface area contributed by atoms with E-state index in [2.05, 4.69) is 15.1 Å². The number of aryl methyl sites for hydroxylation is 1. The topological polar surface area (TPSA) is 84.2 Å². The molecule has 124 valence electrons. The summed E-state index contributed by atoms with van der Waals surface area (Å²) in [5.74, 6) is 0.0421. The van der Waals surface area contributed by atoms with Crippen molar-refractivity contribution in [1.82, 2.24) is 24.6 Å². The van der Waals surface area contributed by atoms with Crippen LogP contribution in [-0.2, 0) is 11.8 Å². The van der Waals surface area contributed by atoms with Crippen LogP contribution in [0.4, 0.5) is 5.69 Å². The molecule has 4 heterocycles. The van der Waals surface area contributed by atoms with Gasteiger partial charge >= 0.3 is 0 Å². The molecule has 4 rings (SSSR count). The van der Waals surface area contributed by atoms with E-state index in [0.29, 0.717) is 31.7 Å². The fraction of sp³-hybridized carbons (Fsp3) is 0.438. The van der Waals surface area contributed by atoms with Crippen molar-refractivity contribution in [2.75, 3.05) is 24.5 Å². The maximum absolute atomic E-state index is 12.6. The Kier molecular flexibility index (Phi) is 3.33. The van der Waals surface area contributed by atoms with Crippen molar-refractivity contribution in [2.45, 2.75) is 12.8 Å². The molecule has 0 radical (unpaired) electrons. The van der Waals surface area contributed by atoms with E-state index in [9.17, 15) is 9.59 Å². The fourth-order valence-corrected chi connectivity index (χ4v) is 3.69. The molecule has 1 spiro atoms. The van der Waals surface area contributed by atoms with E-state index in [4.69, 9.17) is 0 Å². The molecule has 1 atom stereocenters. The molecule has 8 nitrogen and oxygen atoms in total. The molecule has 0 N–H and O–H groups in total. The second-order valence-electron chi connectivity index (χ2n) is 6.57. The maximum Gasteiger partial charge on any atom is 0.272 e. The molecule has 2 amide bonds. The minimum Gasteiger partial charge on any atom is -0.337 e. The van der Waals surface area contributed by atoms with Gasteiger partial charge in [-0.2, -0.15) is 5.10 Å². The highest BCUT2D eigenvalue weighted by atomic mass is 16.2. The number of hydrogen-bond donors (Lipinski definition) is 0. The predicted octanol–water partition coefficient (Wildman–Crippen LogP) is 0.479. The van der Waals surface area contributed by atoms with Gasteiger partial charge in [0.1, 0.15) is 12.0 Å². The molecule has 0 aromatic carbocycles. The summed E-state index contributed by atoms with van der Waals surface area (Å²) < 4.78 is 1.58. The average molecular weight is 326 g/mol. The second kappa shape index (κ2) is 5.40. The van der Waals surface area contributed by atoms with E-state index in [-0.39, 0.29) is 17.2 Å². The van der Waals surface area contributed by atoms with Crippen LogP contribution in [0.25, 0.3) is 0 Å². The van der Waals surface area contributed by atoms with Gasteiger partial charge in [0, 0.05) is 44.7 Å². The van der Waals surface area contributed by atoms with E-state index in [1.165, 1.54) is 6.33 Å². The molecule has 24 heavy (non-hydrogen) atoms.